The number of rotatable bonds is 6. The molecule has 0 amide bonds. The van der Waals surface area contributed by atoms with Crippen LogP contribution in [0.15, 0.2) is 36.4 Å². The highest BCUT2D eigenvalue weighted by atomic mass is 16.5. The van der Waals surface area contributed by atoms with E-state index < -0.39 is 0 Å². The zero-order valence-electron chi connectivity index (χ0n) is 11.9. The predicted molar refractivity (Wildman–Crippen MR) is 80.8 cm³/mol. The maximum atomic E-state index is 5.25. The van der Waals surface area contributed by atoms with Crippen LogP contribution in [0, 0.1) is 0 Å². The first-order valence-corrected chi connectivity index (χ1v) is 6.63. The van der Waals surface area contributed by atoms with Crippen LogP contribution in [-0.2, 0) is 6.54 Å². The van der Waals surface area contributed by atoms with Gasteiger partial charge in [-0.2, -0.15) is 0 Å². The molecule has 0 spiro atoms. The molecule has 0 unspecified atom stereocenters. The van der Waals surface area contributed by atoms with Gasteiger partial charge in [0.1, 0.15) is 5.75 Å². The number of likely N-dealkylation sites (N-methyl/N-ethyl adjacent to an activating group) is 2. The number of methoxy groups -OCH3 is 1. The topological polar surface area (TPSA) is 24.5 Å². The van der Waals surface area contributed by atoms with Gasteiger partial charge in [0.05, 0.1) is 7.11 Å². The van der Waals surface area contributed by atoms with Gasteiger partial charge in [0.15, 0.2) is 0 Å². The van der Waals surface area contributed by atoms with Crippen molar-refractivity contribution < 1.29 is 4.74 Å². The lowest BCUT2D eigenvalue weighted by atomic mass is 10.1. The Kier molecular flexibility index (Phi) is 4.77. The highest BCUT2D eigenvalue weighted by Gasteiger charge is 2.02. The quantitative estimate of drug-likeness (QED) is 0.861. The molecule has 19 heavy (non-hydrogen) atoms. The van der Waals surface area contributed by atoms with Crippen molar-refractivity contribution >= 4 is 10.8 Å². The van der Waals surface area contributed by atoms with Crippen molar-refractivity contribution in [1.82, 2.24) is 10.2 Å². The normalized spacial score (nSPS) is 11.2. The molecule has 0 fully saturated rings. The van der Waals surface area contributed by atoms with Crippen molar-refractivity contribution in [1.29, 1.82) is 0 Å². The van der Waals surface area contributed by atoms with Crippen LogP contribution in [0.3, 0.4) is 0 Å². The Balaban J connectivity index is 2.13. The molecule has 0 aliphatic carbocycles. The molecule has 0 bridgehead atoms. The Morgan fingerprint density at radius 3 is 2.58 bits per heavy atom. The number of ether oxygens (including phenoxy) is 1. The Bertz CT molecular complexity index is 539. The van der Waals surface area contributed by atoms with E-state index in [1.807, 2.05) is 13.1 Å². The lowest BCUT2D eigenvalue weighted by Crippen LogP contribution is -2.26. The van der Waals surface area contributed by atoms with Gasteiger partial charge >= 0.3 is 0 Å². The third-order valence-corrected chi connectivity index (χ3v) is 3.31. The lowest BCUT2D eigenvalue weighted by Gasteiger charge is -2.16. The zero-order valence-corrected chi connectivity index (χ0v) is 11.9. The van der Waals surface area contributed by atoms with Crippen molar-refractivity contribution in [3.8, 4) is 5.75 Å². The van der Waals surface area contributed by atoms with Crippen molar-refractivity contribution in [3.63, 3.8) is 0 Å². The smallest absolute Gasteiger partial charge is 0.119 e. The van der Waals surface area contributed by atoms with E-state index in [0.29, 0.717) is 0 Å². The fourth-order valence-corrected chi connectivity index (χ4v) is 2.19. The number of nitrogens with one attached hydrogen (secondary N) is 1. The standard InChI is InChI=1S/C16H22N2O/c1-17-8-9-18(2)12-13-4-5-15-11-16(19-3)7-6-14(15)10-13/h4-7,10-11,17H,8-9,12H2,1-3H3. The molecule has 0 atom stereocenters. The minimum Gasteiger partial charge on any atom is -0.497 e. The molecule has 2 aromatic carbocycles. The van der Waals surface area contributed by atoms with Crippen LogP contribution in [0.1, 0.15) is 5.56 Å². The summed E-state index contributed by atoms with van der Waals surface area (Å²) in [5.74, 6) is 0.909. The molecule has 0 aliphatic rings. The van der Waals surface area contributed by atoms with Crippen molar-refractivity contribution in [3.05, 3.63) is 42.0 Å². The molecule has 0 saturated carbocycles. The Morgan fingerprint density at radius 2 is 1.84 bits per heavy atom. The van der Waals surface area contributed by atoms with Gasteiger partial charge in [-0.25, -0.2) is 0 Å². The third kappa shape index (κ3) is 3.69. The Labute approximate surface area is 115 Å². The minimum atomic E-state index is 0.909. The highest BCUT2D eigenvalue weighted by Crippen LogP contribution is 2.22. The van der Waals surface area contributed by atoms with Crippen LogP contribution in [0.5, 0.6) is 5.75 Å². The average molecular weight is 258 g/mol. The van der Waals surface area contributed by atoms with Crippen LogP contribution < -0.4 is 10.1 Å². The van der Waals surface area contributed by atoms with E-state index in [1.54, 1.807) is 7.11 Å². The highest BCUT2D eigenvalue weighted by molar-refractivity contribution is 5.84. The predicted octanol–water partition coefficient (Wildman–Crippen LogP) is 2.50. The summed E-state index contributed by atoms with van der Waals surface area (Å²) in [6, 6.07) is 12.8. The molecule has 1 N–H and O–H groups in total. The lowest BCUT2D eigenvalue weighted by molar-refractivity contribution is 0.328. The molecule has 0 saturated heterocycles. The molecule has 0 heterocycles. The van der Waals surface area contributed by atoms with Crippen molar-refractivity contribution in [2.45, 2.75) is 6.54 Å². The largest absolute Gasteiger partial charge is 0.497 e. The van der Waals surface area contributed by atoms with E-state index in [1.165, 1.54) is 16.3 Å². The summed E-state index contributed by atoms with van der Waals surface area (Å²) in [5.41, 5.74) is 1.34. The van der Waals surface area contributed by atoms with Gasteiger partial charge in [-0.3, -0.25) is 0 Å². The molecule has 0 aromatic heterocycles. The molecule has 3 heteroatoms. The summed E-state index contributed by atoms with van der Waals surface area (Å²) in [4.78, 5) is 2.32. The fourth-order valence-electron chi connectivity index (χ4n) is 2.19. The molecular formula is C16H22N2O. The van der Waals surface area contributed by atoms with Gasteiger partial charge in [-0.05, 0) is 48.6 Å². The van der Waals surface area contributed by atoms with Crippen LogP contribution in [0.25, 0.3) is 10.8 Å². The van der Waals surface area contributed by atoms with E-state index in [2.05, 4.69) is 47.6 Å². The SMILES string of the molecule is CNCCN(C)Cc1ccc2cc(OC)ccc2c1. The van der Waals surface area contributed by atoms with Gasteiger partial charge in [-0.15, -0.1) is 0 Å². The van der Waals surface area contributed by atoms with Crippen LogP contribution in [-0.4, -0.2) is 39.2 Å². The monoisotopic (exact) mass is 258 g/mol. The van der Waals surface area contributed by atoms with Crippen LogP contribution >= 0.6 is 0 Å². The van der Waals surface area contributed by atoms with Gasteiger partial charge in [0.25, 0.3) is 0 Å². The first-order chi connectivity index (χ1) is 9.22. The molecule has 2 rings (SSSR count). The first kappa shape index (κ1) is 13.8. The molecule has 2 aromatic rings. The van der Waals surface area contributed by atoms with E-state index in [4.69, 9.17) is 4.74 Å². The maximum Gasteiger partial charge on any atom is 0.119 e. The van der Waals surface area contributed by atoms with Gasteiger partial charge in [-0.1, -0.05) is 18.2 Å². The second-order valence-corrected chi connectivity index (χ2v) is 4.89. The van der Waals surface area contributed by atoms with Gasteiger partial charge < -0.3 is 15.0 Å². The summed E-state index contributed by atoms with van der Waals surface area (Å²) in [6.45, 7) is 3.04. The second-order valence-electron chi connectivity index (χ2n) is 4.89. The summed E-state index contributed by atoms with van der Waals surface area (Å²) in [5, 5.41) is 5.66. The fraction of sp³-hybridized carbons (Fsp3) is 0.375. The molecular weight excluding hydrogens is 236 g/mol. The zero-order chi connectivity index (χ0) is 13.7. The number of hydrogen-bond acceptors (Lipinski definition) is 3. The second kappa shape index (κ2) is 6.55. The average Bonchev–Trinajstić information content (AvgIpc) is 2.44. The molecule has 0 aliphatic heterocycles. The summed E-state index contributed by atoms with van der Waals surface area (Å²) >= 11 is 0. The van der Waals surface area contributed by atoms with E-state index >= 15 is 0 Å². The maximum absolute atomic E-state index is 5.25. The number of fused-ring (bicyclic) bond motifs is 1. The van der Waals surface area contributed by atoms with Crippen LogP contribution in [0.4, 0.5) is 0 Å². The minimum absolute atomic E-state index is 0.909. The summed E-state index contributed by atoms with van der Waals surface area (Å²) in [6.07, 6.45) is 0. The number of nitrogens with zero attached hydrogens (tertiary/aromatic N) is 1. The first-order valence-electron chi connectivity index (χ1n) is 6.63. The Morgan fingerprint density at radius 1 is 1.11 bits per heavy atom. The van der Waals surface area contributed by atoms with Crippen molar-refractivity contribution in [2.24, 2.45) is 0 Å². The number of hydrogen-bond donors (Lipinski definition) is 1. The molecule has 0 radical (unpaired) electrons. The molecule has 102 valence electrons. The van der Waals surface area contributed by atoms with E-state index in [0.717, 1.165) is 25.4 Å². The Hall–Kier alpha value is -1.58. The third-order valence-electron chi connectivity index (χ3n) is 3.31. The number of benzene rings is 2. The van der Waals surface area contributed by atoms with Gasteiger partial charge in [0, 0.05) is 19.6 Å². The van der Waals surface area contributed by atoms with Crippen molar-refractivity contribution in [2.75, 3.05) is 34.3 Å². The van der Waals surface area contributed by atoms with E-state index in [-0.39, 0.29) is 0 Å². The van der Waals surface area contributed by atoms with E-state index in [9.17, 15) is 0 Å². The molecule has 3 nitrogen and oxygen atoms in total. The van der Waals surface area contributed by atoms with Gasteiger partial charge in [0.2, 0.25) is 0 Å². The summed E-state index contributed by atoms with van der Waals surface area (Å²) in [7, 11) is 5.83. The van der Waals surface area contributed by atoms with Crippen LogP contribution in [0.2, 0.25) is 0 Å². The summed E-state index contributed by atoms with van der Waals surface area (Å²) < 4.78 is 5.25.